The Labute approximate surface area is 171 Å². The zero-order valence-electron chi connectivity index (χ0n) is 15.6. The van der Waals surface area contributed by atoms with E-state index in [4.69, 9.17) is 15.9 Å². The summed E-state index contributed by atoms with van der Waals surface area (Å²) in [6.45, 7) is 0. The predicted octanol–water partition coefficient (Wildman–Crippen LogP) is 3.87. The first-order chi connectivity index (χ1) is 14.4. The van der Waals surface area contributed by atoms with Crippen LogP contribution in [0.2, 0.25) is 0 Å². The number of fused-ring (bicyclic) bond motifs is 2. The van der Waals surface area contributed by atoms with Crippen molar-refractivity contribution >= 4 is 41.5 Å². The highest BCUT2D eigenvalue weighted by Crippen LogP contribution is 2.35. The predicted molar refractivity (Wildman–Crippen MR) is 112 cm³/mol. The van der Waals surface area contributed by atoms with Crippen LogP contribution in [-0.4, -0.2) is 33.2 Å². The molecule has 8 nitrogen and oxygen atoms in total. The topological polar surface area (TPSA) is 134 Å². The lowest BCUT2D eigenvalue weighted by atomic mass is 10.1. The molecule has 2 aromatic carbocycles. The lowest BCUT2D eigenvalue weighted by Crippen LogP contribution is -2.32. The molecule has 0 radical (unpaired) electrons. The van der Waals surface area contributed by atoms with E-state index in [1.54, 1.807) is 4.90 Å². The average molecular weight is 403 g/mol. The number of amides is 2. The Balaban J connectivity index is 0.000000187. The van der Waals surface area contributed by atoms with Crippen LogP contribution in [-0.2, 0) is 0 Å². The van der Waals surface area contributed by atoms with E-state index in [1.165, 1.54) is 18.2 Å². The van der Waals surface area contributed by atoms with Crippen LogP contribution in [0.3, 0.4) is 0 Å². The molecular weight excluding hydrogens is 386 g/mol. The highest BCUT2D eigenvalue weighted by atomic mass is 16.4. The molecule has 0 atom stereocenters. The average Bonchev–Trinajstić information content (AvgIpc) is 2.91. The molecule has 2 amide bonds. The van der Waals surface area contributed by atoms with Gasteiger partial charge in [0.1, 0.15) is 11.4 Å². The lowest BCUT2D eigenvalue weighted by Gasteiger charge is -2.22. The molecular formula is C22H17N3O5. The zero-order chi connectivity index (χ0) is 21.7. The van der Waals surface area contributed by atoms with E-state index >= 15 is 0 Å². The maximum atomic E-state index is 11.8. The number of benzene rings is 2. The van der Waals surface area contributed by atoms with Gasteiger partial charge in [-0.2, -0.15) is 0 Å². The number of primary amides is 1. The lowest BCUT2D eigenvalue weighted by molar-refractivity contribution is 0.0685. The molecule has 0 bridgehead atoms. The van der Waals surface area contributed by atoms with Gasteiger partial charge in [0, 0.05) is 0 Å². The largest absolute Gasteiger partial charge is 0.477 e. The number of rotatable bonds is 2. The van der Waals surface area contributed by atoms with Gasteiger partial charge in [-0.1, -0.05) is 54.6 Å². The van der Waals surface area contributed by atoms with Gasteiger partial charge >= 0.3 is 18.0 Å². The van der Waals surface area contributed by atoms with Crippen molar-refractivity contribution in [1.29, 1.82) is 0 Å². The Morgan fingerprint density at radius 1 is 0.700 bits per heavy atom. The Hall–Kier alpha value is -4.46. The normalized spacial score (nSPS) is 11.3. The summed E-state index contributed by atoms with van der Waals surface area (Å²) in [6, 6.07) is 18.7. The van der Waals surface area contributed by atoms with E-state index in [1.807, 2.05) is 60.7 Å². The summed E-state index contributed by atoms with van der Waals surface area (Å²) in [5, 5.41) is 16.9. The number of hydrogen-bond donors (Lipinski definition) is 3. The van der Waals surface area contributed by atoms with Crippen LogP contribution in [0.5, 0.6) is 0 Å². The third kappa shape index (κ3) is 4.33. The monoisotopic (exact) mass is 403 g/mol. The van der Waals surface area contributed by atoms with Crippen molar-refractivity contribution in [2.45, 2.75) is 0 Å². The summed E-state index contributed by atoms with van der Waals surface area (Å²) in [4.78, 5) is 37.3. The molecule has 8 heteroatoms. The zero-order valence-corrected chi connectivity index (χ0v) is 15.6. The molecule has 2 heterocycles. The first kappa shape index (κ1) is 20.3. The number of urea groups is 1. The minimum Gasteiger partial charge on any atom is -0.477 e. The van der Waals surface area contributed by atoms with Crippen molar-refractivity contribution in [2.24, 2.45) is 5.73 Å². The molecule has 1 aliphatic heterocycles. The van der Waals surface area contributed by atoms with Crippen LogP contribution in [0.1, 0.15) is 32.1 Å². The van der Waals surface area contributed by atoms with Gasteiger partial charge in [0.05, 0.1) is 11.4 Å². The van der Waals surface area contributed by atoms with E-state index in [0.717, 1.165) is 22.5 Å². The van der Waals surface area contributed by atoms with E-state index in [0.29, 0.717) is 0 Å². The number of carboxylic acid groups (broad SMARTS) is 2. The molecule has 0 spiro atoms. The molecule has 1 aliphatic rings. The van der Waals surface area contributed by atoms with Gasteiger partial charge in [-0.05, 0) is 35.4 Å². The van der Waals surface area contributed by atoms with Gasteiger partial charge in [0.25, 0.3) is 0 Å². The number of hydrogen-bond acceptors (Lipinski definition) is 4. The third-order valence-corrected chi connectivity index (χ3v) is 4.21. The number of aromatic nitrogens is 1. The number of carbonyl (C=O) groups excluding carboxylic acids is 1. The summed E-state index contributed by atoms with van der Waals surface area (Å²) in [7, 11) is 0. The van der Waals surface area contributed by atoms with Crippen molar-refractivity contribution in [1.82, 2.24) is 4.98 Å². The van der Waals surface area contributed by atoms with Crippen molar-refractivity contribution < 1.29 is 24.6 Å². The van der Waals surface area contributed by atoms with E-state index in [-0.39, 0.29) is 11.4 Å². The summed E-state index contributed by atoms with van der Waals surface area (Å²) >= 11 is 0. The summed E-state index contributed by atoms with van der Waals surface area (Å²) in [5.74, 6) is -2.48. The molecule has 0 saturated carbocycles. The van der Waals surface area contributed by atoms with Gasteiger partial charge in [0.15, 0.2) is 0 Å². The highest BCUT2D eigenvalue weighted by molar-refractivity contribution is 6.04. The van der Waals surface area contributed by atoms with Gasteiger partial charge in [-0.25, -0.2) is 19.4 Å². The van der Waals surface area contributed by atoms with Crippen molar-refractivity contribution in [3.05, 3.63) is 89.2 Å². The van der Waals surface area contributed by atoms with Gasteiger partial charge < -0.3 is 15.9 Å². The minimum atomic E-state index is -1.24. The van der Waals surface area contributed by atoms with Crippen LogP contribution in [0.15, 0.2) is 66.7 Å². The van der Waals surface area contributed by atoms with Crippen molar-refractivity contribution in [3.63, 3.8) is 0 Å². The van der Waals surface area contributed by atoms with Crippen LogP contribution >= 0.6 is 0 Å². The summed E-state index contributed by atoms with van der Waals surface area (Å²) in [6.07, 6.45) is 3.99. The highest BCUT2D eigenvalue weighted by Gasteiger charge is 2.21. The Bertz CT molecular complexity index is 1080. The summed E-state index contributed by atoms with van der Waals surface area (Å²) < 4.78 is 0. The van der Waals surface area contributed by atoms with Gasteiger partial charge in [0.2, 0.25) is 0 Å². The molecule has 0 aliphatic carbocycles. The molecule has 150 valence electrons. The number of carbonyl (C=O) groups is 3. The third-order valence-electron chi connectivity index (χ3n) is 4.21. The molecule has 4 N–H and O–H groups in total. The number of para-hydroxylation sites is 2. The van der Waals surface area contributed by atoms with Crippen LogP contribution < -0.4 is 10.6 Å². The van der Waals surface area contributed by atoms with Gasteiger partial charge in [-0.15, -0.1) is 0 Å². The molecule has 3 aromatic rings. The number of anilines is 2. The van der Waals surface area contributed by atoms with E-state index in [2.05, 4.69) is 4.98 Å². The fourth-order valence-corrected chi connectivity index (χ4v) is 2.88. The summed E-state index contributed by atoms with van der Waals surface area (Å²) in [5.41, 5.74) is 8.57. The van der Waals surface area contributed by atoms with Crippen LogP contribution in [0, 0.1) is 0 Å². The van der Waals surface area contributed by atoms with Crippen LogP contribution in [0.25, 0.3) is 12.2 Å². The standard InChI is InChI=1S/C15H12N2O.C7H5NO4/c16-15(18)17-13-7-3-1-5-11(13)9-10-12-6-2-4-8-14(12)17;9-6(10)4-2-1-3-5(8-4)7(11)12/h1-10H,(H2,16,18);1-3H,(H,9,10)(H,11,12). The number of carboxylic acids is 2. The SMILES string of the molecule is NC(=O)N1c2ccccc2C=Cc2ccccc21.O=C(O)c1cccc(C(=O)O)n1. The van der Waals surface area contributed by atoms with Crippen LogP contribution in [0.4, 0.5) is 16.2 Å². The fraction of sp³-hybridized carbons (Fsp3) is 0. The quantitative estimate of drug-likeness (QED) is 0.595. The smallest absolute Gasteiger partial charge is 0.354 e. The second-order valence-electron chi connectivity index (χ2n) is 6.14. The number of nitrogens with two attached hydrogens (primary N) is 1. The number of nitrogens with zero attached hydrogens (tertiary/aromatic N) is 2. The Morgan fingerprint density at radius 2 is 1.13 bits per heavy atom. The van der Waals surface area contributed by atoms with Crippen molar-refractivity contribution in [3.8, 4) is 0 Å². The maximum Gasteiger partial charge on any atom is 0.354 e. The first-order valence-electron chi connectivity index (χ1n) is 8.78. The maximum absolute atomic E-state index is 11.8. The minimum absolute atomic E-state index is 0.269. The molecule has 1 aromatic heterocycles. The Kier molecular flexibility index (Phi) is 5.88. The second-order valence-corrected chi connectivity index (χ2v) is 6.14. The number of aromatic carboxylic acids is 2. The molecule has 30 heavy (non-hydrogen) atoms. The van der Waals surface area contributed by atoms with E-state index < -0.39 is 18.0 Å². The fourth-order valence-electron chi connectivity index (χ4n) is 2.88. The van der Waals surface area contributed by atoms with Gasteiger partial charge in [-0.3, -0.25) is 4.90 Å². The molecule has 0 saturated heterocycles. The first-order valence-corrected chi connectivity index (χ1v) is 8.78. The number of pyridine rings is 1. The molecule has 0 fully saturated rings. The Morgan fingerprint density at radius 3 is 1.53 bits per heavy atom. The van der Waals surface area contributed by atoms with E-state index in [9.17, 15) is 14.4 Å². The molecule has 0 unspecified atom stereocenters. The van der Waals surface area contributed by atoms with Crippen molar-refractivity contribution in [2.75, 3.05) is 4.90 Å². The second kappa shape index (κ2) is 8.70. The molecule has 4 rings (SSSR count).